The Hall–Kier alpha value is -3.93. The van der Waals surface area contributed by atoms with Gasteiger partial charge in [-0.25, -0.2) is 4.79 Å². The molecule has 34 heavy (non-hydrogen) atoms. The van der Waals surface area contributed by atoms with Crippen LogP contribution >= 0.6 is 0 Å². The van der Waals surface area contributed by atoms with E-state index in [2.05, 4.69) is 5.32 Å². The zero-order valence-electron chi connectivity index (χ0n) is 18.8. The molecule has 1 aliphatic rings. The van der Waals surface area contributed by atoms with Gasteiger partial charge in [0, 0.05) is 12.3 Å². The number of ether oxygens (including phenoxy) is 1. The Bertz CT molecular complexity index is 1130. The summed E-state index contributed by atoms with van der Waals surface area (Å²) in [5.74, 6) is -1.58. The molecule has 0 aliphatic heterocycles. The highest BCUT2D eigenvalue weighted by Gasteiger charge is 2.30. The number of hydrogen-bond acceptors (Lipinski definition) is 4. The maximum atomic E-state index is 12.7. The Kier molecular flexibility index (Phi) is 7.38. The van der Waals surface area contributed by atoms with Gasteiger partial charge in [0.1, 0.15) is 12.6 Å². The first-order valence-corrected chi connectivity index (χ1v) is 11.4. The topological polar surface area (TPSA) is 92.7 Å². The van der Waals surface area contributed by atoms with Gasteiger partial charge in [0.2, 0.25) is 0 Å². The predicted octanol–water partition coefficient (Wildman–Crippen LogP) is 4.96. The fourth-order valence-corrected chi connectivity index (χ4v) is 4.49. The number of amides is 1. The molecule has 4 rings (SSSR count). The minimum atomic E-state index is -1.15. The predicted molar refractivity (Wildman–Crippen MR) is 129 cm³/mol. The summed E-state index contributed by atoms with van der Waals surface area (Å²) in [5.41, 5.74) is 5.50. The largest absolute Gasteiger partial charge is 0.481 e. The number of Topliss-reactive ketones (excluding diaryl/α,β-unsaturated/α-hetero) is 1. The van der Waals surface area contributed by atoms with Gasteiger partial charge in [-0.15, -0.1) is 0 Å². The molecule has 0 saturated heterocycles. The van der Waals surface area contributed by atoms with E-state index in [1.807, 2.05) is 78.9 Å². The summed E-state index contributed by atoms with van der Waals surface area (Å²) in [7, 11) is 0. The molecule has 0 unspecified atom stereocenters. The summed E-state index contributed by atoms with van der Waals surface area (Å²) in [5, 5.41) is 11.7. The number of hydrogen-bond donors (Lipinski definition) is 2. The number of ketones is 1. The average Bonchev–Trinajstić information content (AvgIpc) is 3.16. The summed E-state index contributed by atoms with van der Waals surface area (Å²) in [4.78, 5) is 36.5. The Balaban J connectivity index is 1.35. The highest BCUT2D eigenvalue weighted by atomic mass is 16.5. The van der Waals surface area contributed by atoms with Crippen molar-refractivity contribution in [1.82, 2.24) is 5.32 Å². The number of carbonyl (C=O) groups excluding carboxylic acids is 2. The number of alkyl carbamates (subject to hydrolysis) is 1. The molecular weight excluding hydrogens is 430 g/mol. The van der Waals surface area contributed by atoms with Crippen molar-refractivity contribution in [3.8, 4) is 11.1 Å². The molecule has 0 heterocycles. The maximum Gasteiger partial charge on any atom is 0.407 e. The number of carboxylic acid groups (broad SMARTS) is 1. The maximum absolute atomic E-state index is 12.7. The van der Waals surface area contributed by atoms with Crippen LogP contribution in [0.3, 0.4) is 0 Å². The van der Waals surface area contributed by atoms with E-state index in [1.165, 1.54) is 0 Å². The highest BCUT2D eigenvalue weighted by molar-refractivity contribution is 5.90. The van der Waals surface area contributed by atoms with Crippen LogP contribution < -0.4 is 5.32 Å². The van der Waals surface area contributed by atoms with Crippen LogP contribution in [-0.2, 0) is 20.7 Å². The SMILES string of the molecule is O=C(O)C[C@H](NC(=O)OCC1c2ccccc2-c2ccccc21)C(=O)CCCc1ccccc1. The summed E-state index contributed by atoms with van der Waals surface area (Å²) in [6.07, 6.45) is 0.192. The van der Waals surface area contributed by atoms with E-state index in [0.29, 0.717) is 12.8 Å². The third-order valence-electron chi connectivity index (χ3n) is 6.13. The molecule has 0 radical (unpaired) electrons. The number of aliphatic carboxylic acids is 1. The molecule has 174 valence electrons. The van der Waals surface area contributed by atoms with Crippen molar-refractivity contribution in [2.75, 3.05) is 6.61 Å². The van der Waals surface area contributed by atoms with Crippen molar-refractivity contribution < 1.29 is 24.2 Å². The monoisotopic (exact) mass is 457 g/mol. The van der Waals surface area contributed by atoms with Crippen molar-refractivity contribution in [3.05, 3.63) is 95.6 Å². The Morgan fingerprint density at radius 3 is 2.06 bits per heavy atom. The summed E-state index contributed by atoms with van der Waals surface area (Å²) in [6.45, 7) is 0.0991. The first-order chi connectivity index (χ1) is 16.5. The lowest BCUT2D eigenvalue weighted by atomic mass is 9.98. The number of nitrogens with one attached hydrogen (secondary N) is 1. The number of aryl methyl sites for hydroxylation is 1. The molecule has 6 heteroatoms. The molecule has 1 amide bonds. The number of carboxylic acids is 1. The molecule has 1 aliphatic carbocycles. The van der Waals surface area contributed by atoms with Gasteiger partial charge < -0.3 is 15.2 Å². The molecule has 0 bridgehead atoms. The third kappa shape index (κ3) is 5.52. The number of carbonyl (C=O) groups is 3. The van der Waals surface area contributed by atoms with E-state index in [-0.39, 0.29) is 24.7 Å². The van der Waals surface area contributed by atoms with Crippen molar-refractivity contribution in [1.29, 1.82) is 0 Å². The van der Waals surface area contributed by atoms with Crippen molar-refractivity contribution in [2.24, 2.45) is 0 Å². The Morgan fingerprint density at radius 1 is 0.853 bits per heavy atom. The molecule has 0 spiro atoms. The van der Waals surface area contributed by atoms with Gasteiger partial charge in [0.25, 0.3) is 0 Å². The number of rotatable bonds is 10. The zero-order chi connectivity index (χ0) is 23.9. The van der Waals surface area contributed by atoms with Gasteiger partial charge in [0.15, 0.2) is 5.78 Å². The third-order valence-corrected chi connectivity index (χ3v) is 6.13. The van der Waals surface area contributed by atoms with Crippen LogP contribution in [0.5, 0.6) is 0 Å². The number of fused-ring (bicyclic) bond motifs is 3. The van der Waals surface area contributed by atoms with Crippen molar-refractivity contribution in [2.45, 2.75) is 37.6 Å². The second-order valence-corrected chi connectivity index (χ2v) is 8.43. The lowest BCUT2D eigenvalue weighted by molar-refractivity contribution is -0.139. The Labute approximate surface area is 198 Å². The van der Waals surface area contributed by atoms with E-state index in [1.54, 1.807) is 0 Å². The Morgan fingerprint density at radius 2 is 1.44 bits per heavy atom. The van der Waals surface area contributed by atoms with E-state index in [4.69, 9.17) is 4.74 Å². The summed E-state index contributed by atoms with van der Waals surface area (Å²) in [6, 6.07) is 24.6. The van der Waals surface area contributed by atoms with Crippen LogP contribution in [0.2, 0.25) is 0 Å². The van der Waals surface area contributed by atoms with Gasteiger partial charge in [-0.05, 0) is 40.7 Å². The van der Waals surface area contributed by atoms with Crippen molar-refractivity contribution >= 4 is 17.8 Å². The van der Waals surface area contributed by atoms with Crippen LogP contribution in [-0.4, -0.2) is 35.6 Å². The lowest BCUT2D eigenvalue weighted by Gasteiger charge is -2.18. The van der Waals surface area contributed by atoms with E-state index < -0.39 is 24.5 Å². The van der Waals surface area contributed by atoms with E-state index in [0.717, 1.165) is 27.8 Å². The van der Waals surface area contributed by atoms with Crippen LogP contribution in [0.1, 0.15) is 41.9 Å². The molecule has 1 atom stereocenters. The van der Waals surface area contributed by atoms with E-state index in [9.17, 15) is 19.5 Å². The molecule has 0 aromatic heterocycles. The summed E-state index contributed by atoms with van der Waals surface area (Å²) < 4.78 is 5.48. The molecular formula is C28H27NO5. The minimum Gasteiger partial charge on any atom is -0.481 e. The van der Waals surface area contributed by atoms with Crippen LogP contribution in [0, 0.1) is 0 Å². The minimum absolute atomic E-state index is 0.0991. The quantitative estimate of drug-likeness (QED) is 0.449. The smallest absolute Gasteiger partial charge is 0.407 e. The molecule has 3 aromatic carbocycles. The molecule has 6 nitrogen and oxygen atoms in total. The number of benzene rings is 3. The van der Waals surface area contributed by atoms with Gasteiger partial charge >= 0.3 is 12.1 Å². The van der Waals surface area contributed by atoms with Gasteiger partial charge in [-0.2, -0.15) is 0 Å². The zero-order valence-corrected chi connectivity index (χ0v) is 18.8. The molecule has 0 saturated carbocycles. The normalized spacial score (nSPS) is 12.9. The highest BCUT2D eigenvalue weighted by Crippen LogP contribution is 2.44. The molecule has 3 aromatic rings. The van der Waals surface area contributed by atoms with Gasteiger partial charge in [-0.3, -0.25) is 9.59 Å². The van der Waals surface area contributed by atoms with Gasteiger partial charge in [-0.1, -0.05) is 78.9 Å². The first-order valence-electron chi connectivity index (χ1n) is 11.4. The van der Waals surface area contributed by atoms with E-state index >= 15 is 0 Å². The second kappa shape index (κ2) is 10.8. The van der Waals surface area contributed by atoms with Crippen LogP contribution in [0.25, 0.3) is 11.1 Å². The fourth-order valence-electron chi connectivity index (χ4n) is 4.49. The second-order valence-electron chi connectivity index (χ2n) is 8.43. The van der Waals surface area contributed by atoms with Crippen molar-refractivity contribution in [3.63, 3.8) is 0 Å². The molecule has 0 fully saturated rings. The lowest BCUT2D eigenvalue weighted by Crippen LogP contribution is -2.42. The molecule has 2 N–H and O–H groups in total. The first kappa shape index (κ1) is 23.2. The average molecular weight is 458 g/mol. The fraction of sp³-hybridized carbons (Fsp3) is 0.250. The van der Waals surface area contributed by atoms with Crippen LogP contribution in [0.4, 0.5) is 4.79 Å². The summed E-state index contributed by atoms with van der Waals surface area (Å²) >= 11 is 0. The standard InChI is InChI=1S/C28H27NO5/c30-26(16-8-11-19-9-2-1-3-10-19)25(17-27(31)32)29-28(33)34-18-24-22-14-6-4-12-20(22)21-13-5-7-15-23(21)24/h1-7,9-10,12-15,24-25H,8,11,16-18H2,(H,29,33)(H,31,32)/t25-/m0/s1. The van der Waals surface area contributed by atoms with Crippen LogP contribution in [0.15, 0.2) is 78.9 Å². The van der Waals surface area contributed by atoms with Gasteiger partial charge in [0.05, 0.1) is 6.42 Å².